The normalized spacial score (nSPS) is 10.6. The predicted molar refractivity (Wildman–Crippen MR) is 99.4 cm³/mol. The van der Waals surface area contributed by atoms with E-state index in [2.05, 4.69) is 15.3 Å². The number of amides is 1. The van der Waals surface area contributed by atoms with Crippen molar-refractivity contribution in [1.82, 2.24) is 9.97 Å². The number of carbonyl (C=O) groups excluding carboxylic acids is 1. The summed E-state index contributed by atoms with van der Waals surface area (Å²) in [4.78, 5) is 21.5. The van der Waals surface area contributed by atoms with Gasteiger partial charge in [-0.05, 0) is 24.3 Å². The van der Waals surface area contributed by atoms with Crippen molar-refractivity contribution >= 4 is 22.5 Å². The summed E-state index contributed by atoms with van der Waals surface area (Å²) in [5, 5.41) is 3.86. The van der Waals surface area contributed by atoms with Crippen LogP contribution in [0.5, 0.6) is 0 Å². The van der Waals surface area contributed by atoms with Crippen molar-refractivity contribution in [2.24, 2.45) is 0 Å². The van der Waals surface area contributed by atoms with Crippen LogP contribution in [0.2, 0.25) is 0 Å². The van der Waals surface area contributed by atoms with E-state index in [0.29, 0.717) is 5.56 Å². The fraction of sp³-hybridized carbons (Fsp3) is 0. The molecular formula is C21H15N3O. The summed E-state index contributed by atoms with van der Waals surface area (Å²) < 4.78 is 0. The van der Waals surface area contributed by atoms with Gasteiger partial charge in [-0.15, -0.1) is 0 Å². The Kier molecular flexibility index (Phi) is 3.92. The van der Waals surface area contributed by atoms with Crippen LogP contribution in [0.3, 0.4) is 0 Å². The highest BCUT2D eigenvalue weighted by molar-refractivity contribution is 6.10. The van der Waals surface area contributed by atoms with E-state index in [0.717, 1.165) is 27.8 Å². The average Bonchev–Trinajstić information content (AvgIpc) is 2.68. The smallest absolute Gasteiger partial charge is 0.256 e. The summed E-state index contributed by atoms with van der Waals surface area (Å²) in [6, 6.07) is 24.7. The van der Waals surface area contributed by atoms with Gasteiger partial charge < -0.3 is 5.32 Å². The van der Waals surface area contributed by atoms with Crippen LogP contribution in [0.4, 0.5) is 5.69 Å². The first kappa shape index (κ1) is 15.0. The van der Waals surface area contributed by atoms with Crippen molar-refractivity contribution < 1.29 is 4.79 Å². The molecule has 0 fully saturated rings. The Morgan fingerprint density at radius 1 is 0.760 bits per heavy atom. The Balaban J connectivity index is 1.80. The molecule has 1 aromatic heterocycles. The molecule has 0 saturated carbocycles. The summed E-state index contributed by atoms with van der Waals surface area (Å²) in [5.41, 5.74) is 3.73. The first-order chi connectivity index (χ1) is 12.3. The van der Waals surface area contributed by atoms with Gasteiger partial charge in [0.15, 0.2) is 0 Å². The zero-order chi connectivity index (χ0) is 17.1. The van der Waals surface area contributed by atoms with Gasteiger partial charge in [-0.25, -0.2) is 9.97 Å². The lowest BCUT2D eigenvalue weighted by Gasteiger charge is -2.11. The van der Waals surface area contributed by atoms with Gasteiger partial charge in [-0.1, -0.05) is 54.6 Å². The molecule has 0 radical (unpaired) electrons. The Labute approximate surface area is 145 Å². The summed E-state index contributed by atoms with van der Waals surface area (Å²) in [6.07, 6.45) is 1.53. The van der Waals surface area contributed by atoms with Crippen LogP contribution in [0.15, 0.2) is 85.2 Å². The molecule has 4 heteroatoms. The SMILES string of the molecule is O=C(Nc1ccccc1)c1ccccc1-c1ncnc2ccccc12. The van der Waals surface area contributed by atoms with Crippen molar-refractivity contribution in [1.29, 1.82) is 0 Å². The molecule has 3 aromatic carbocycles. The molecule has 1 N–H and O–H groups in total. The highest BCUT2D eigenvalue weighted by atomic mass is 16.1. The second-order valence-corrected chi connectivity index (χ2v) is 5.61. The highest BCUT2D eigenvalue weighted by Crippen LogP contribution is 2.28. The van der Waals surface area contributed by atoms with Crippen molar-refractivity contribution in [3.8, 4) is 11.3 Å². The molecular weight excluding hydrogens is 310 g/mol. The number of benzene rings is 3. The Morgan fingerprint density at radius 2 is 1.48 bits per heavy atom. The molecule has 0 aliphatic heterocycles. The maximum Gasteiger partial charge on any atom is 0.256 e. The Hall–Kier alpha value is -3.53. The van der Waals surface area contributed by atoms with Crippen LogP contribution in [0.25, 0.3) is 22.2 Å². The summed E-state index contributed by atoms with van der Waals surface area (Å²) >= 11 is 0. The molecule has 0 aliphatic rings. The standard InChI is InChI=1S/C21H15N3O/c25-21(24-15-8-2-1-3-9-15)17-11-5-4-10-16(17)20-18-12-6-7-13-19(18)22-14-23-20/h1-14H,(H,24,25). The first-order valence-corrected chi connectivity index (χ1v) is 7.98. The number of carbonyl (C=O) groups is 1. The lowest BCUT2D eigenvalue weighted by atomic mass is 10.0. The monoisotopic (exact) mass is 325 g/mol. The van der Waals surface area contributed by atoms with Crippen molar-refractivity contribution in [3.05, 3.63) is 90.8 Å². The molecule has 4 nitrogen and oxygen atoms in total. The van der Waals surface area contributed by atoms with Gasteiger partial charge in [-0.3, -0.25) is 4.79 Å². The molecule has 1 heterocycles. The minimum absolute atomic E-state index is 0.163. The minimum atomic E-state index is -0.163. The van der Waals surface area contributed by atoms with Crippen LogP contribution in [0.1, 0.15) is 10.4 Å². The lowest BCUT2D eigenvalue weighted by molar-refractivity contribution is 0.102. The maximum atomic E-state index is 12.8. The van der Waals surface area contributed by atoms with E-state index in [9.17, 15) is 4.79 Å². The molecule has 25 heavy (non-hydrogen) atoms. The largest absolute Gasteiger partial charge is 0.322 e. The van der Waals surface area contributed by atoms with Gasteiger partial charge in [0.1, 0.15) is 6.33 Å². The zero-order valence-electron chi connectivity index (χ0n) is 13.4. The molecule has 1 amide bonds. The fourth-order valence-corrected chi connectivity index (χ4v) is 2.83. The number of anilines is 1. The second kappa shape index (κ2) is 6.53. The summed E-state index contributed by atoms with van der Waals surface area (Å²) in [5.74, 6) is -0.163. The van der Waals surface area contributed by atoms with Crippen LogP contribution in [-0.2, 0) is 0 Å². The Bertz CT molecular complexity index is 1040. The molecule has 120 valence electrons. The average molecular weight is 325 g/mol. The second-order valence-electron chi connectivity index (χ2n) is 5.61. The van der Waals surface area contributed by atoms with Crippen LogP contribution in [0, 0.1) is 0 Å². The predicted octanol–water partition coefficient (Wildman–Crippen LogP) is 4.55. The first-order valence-electron chi connectivity index (χ1n) is 7.98. The van der Waals surface area contributed by atoms with Crippen LogP contribution < -0.4 is 5.32 Å². The number of rotatable bonds is 3. The Morgan fingerprint density at radius 3 is 2.36 bits per heavy atom. The number of fused-ring (bicyclic) bond motifs is 1. The van der Waals surface area contributed by atoms with Crippen LogP contribution in [-0.4, -0.2) is 15.9 Å². The molecule has 0 bridgehead atoms. The van der Waals surface area contributed by atoms with Crippen molar-refractivity contribution in [3.63, 3.8) is 0 Å². The van der Waals surface area contributed by atoms with E-state index in [-0.39, 0.29) is 5.91 Å². The van der Waals surface area contributed by atoms with Crippen molar-refractivity contribution in [2.45, 2.75) is 0 Å². The zero-order valence-corrected chi connectivity index (χ0v) is 13.4. The molecule has 0 spiro atoms. The van der Waals surface area contributed by atoms with Crippen LogP contribution >= 0.6 is 0 Å². The minimum Gasteiger partial charge on any atom is -0.322 e. The summed E-state index contributed by atoms with van der Waals surface area (Å²) in [6.45, 7) is 0. The lowest BCUT2D eigenvalue weighted by Crippen LogP contribution is -2.13. The van der Waals surface area contributed by atoms with E-state index in [4.69, 9.17) is 0 Å². The molecule has 0 unspecified atom stereocenters. The number of nitrogens with zero attached hydrogens (tertiary/aromatic N) is 2. The van der Waals surface area contributed by atoms with Gasteiger partial charge in [0.05, 0.1) is 11.2 Å². The molecule has 4 rings (SSSR count). The van der Waals surface area contributed by atoms with Crippen molar-refractivity contribution in [2.75, 3.05) is 5.32 Å². The highest BCUT2D eigenvalue weighted by Gasteiger charge is 2.15. The van der Waals surface area contributed by atoms with E-state index < -0.39 is 0 Å². The van der Waals surface area contributed by atoms with Gasteiger partial charge >= 0.3 is 0 Å². The van der Waals surface area contributed by atoms with E-state index in [1.165, 1.54) is 6.33 Å². The van der Waals surface area contributed by atoms with E-state index in [1.807, 2.05) is 78.9 Å². The van der Waals surface area contributed by atoms with Gasteiger partial charge in [0, 0.05) is 22.2 Å². The number of para-hydroxylation sites is 2. The summed E-state index contributed by atoms with van der Waals surface area (Å²) in [7, 11) is 0. The third-order valence-corrected chi connectivity index (χ3v) is 4.00. The number of hydrogen-bond donors (Lipinski definition) is 1. The molecule has 0 atom stereocenters. The number of hydrogen-bond acceptors (Lipinski definition) is 3. The maximum absolute atomic E-state index is 12.8. The van der Waals surface area contributed by atoms with E-state index in [1.54, 1.807) is 0 Å². The van der Waals surface area contributed by atoms with Gasteiger partial charge in [0.2, 0.25) is 0 Å². The quantitative estimate of drug-likeness (QED) is 0.601. The van der Waals surface area contributed by atoms with Gasteiger partial charge in [0.25, 0.3) is 5.91 Å². The third kappa shape index (κ3) is 2.97. The molecule has 0 saturated heterocycles. The van der Waals surface area contributed by atoms with E-state index >= 15 is 0 Å². The fourth-order valence-electron chi connectivity index (χ4n) is 2.83. The topological polar surface area (TPSA) is 54.9 Å². The van der Waals surface area contributed by atoms with Gasteiger partial charge in [-0.2, -0.15) is 0 Å². The number of aromatic nitrogens is 2. The molecule has 4 aromatic rings. The third-order valence-electron chi connectivity index (χ3n) is 4.00. The number of nitrogens with one attached hydrogen (secondary N) is 1. The molecule has 0 aliphatic carbocycles.